The first kappa shape index (κ1) is 15.1. The van der Waals surface area contributed by atoms with E-state index in [1.807, 2.05) is 0 Å². The van der Waals surface area contributed by atoms with Crippen molar-refractivity contribution in [1.29, 1.82) is 0 Å². The van der Waals surface area contributed by atoms with E-state index in [0.717, 1.165) is 29.1 Å². The normalized spacial score (nSPS) is 31.1. The van der Waals surface area contributed by atoms with E-state index in [2.05, 4.69) is 5.16 Å². The van der Waals surface area contributed by atoms with Crippen LogP contribution in [0.5, 0.6) is 0 Å². The predicted molar refractivity (Wildman–Crippen MR) is 79.2 cm³/mol. The molecule has 7 nitrogen and oxygen atoms in total. The third kappa shape index (κ3) is 1.82. The van der Waals surface area contributed by atoms with Gasteiger partial charge in [-0.1, -0.05) is 11.6 Å². The van der Waals surface area contributed by atoms with Gasteiger partial charge >= 0.3 is 0 Å². The summed E-state index contributed by atoms with van der Waals surface area (Å²) in [5, 5.41) is 37.8. The molecule has 0 bridgehead atoms. The zero-order chi connectivity index (χ0) is 16.0. The molecule has 2 heterocycles. The number of oxime groups is 1. The summed E-state index contributed by atoms with van der Waals surface area (Å²) in [5.74, 6) is 0.414. The SMILES string of the molecule is CC1(C)C(c2ccco2)=[N+]([O-])[C@@]2(CCCCC/C2=N/O)N1O. The molecule has 22 heavy (non-hydrogen) atoms. The van der Waals surface area contributed by atoms with Gasteiger partial charge in [0.05, 0.1) is 6.26 Å². The smallest absolute Gasteiger partial charge is 0.294 e. The Kier molecular flexibility index (Phi) is 3.49. The molecule has 1 fully saturated rings. The number of hydroxylamine groups is 3. The van der Waals surface area contributed by atoms with Crippen molar-refractivity contribution in [3.63, 3.8) is 0 Å². The lowest BCUT2D eigenvalue weighted by atomic mass is 9.94. The van der Waals surface area contributed by atoms with E-state index < -0.39 is 11.2 Å². The van der Waals surface area contributed by atoms with Crippen molar-refractivity contribution in [2.75, 3.05) is 0 Å². The molecule has 1 atom stereocenters. The lowest BCUT2D eigenvalue weighted by Gasteiger charge is -2.34. The second-order valence-corrected chi connectivity index (χ2v) is 6.42. The van der Waals surface area contributed by atoms with Crippen LogP contribution in [0.15, 0.2) is 28.0 Å². The van der Waals surface area contributed by atoms with Gasteiger partial charge in [0.15, 0.2) is 5.76 Å². The summed E-state index contributed by atoms with van der Waals surface area (Å²) in [6, 6.07) is 3.40. The molecule has 2 N–H and O–H groups in total. The van der Waals surface area contributed by atoms with Gasteiger partial charge in [0.1, 0.15) is 11.3 Å². The highest BCUT2D eigenvalue weighted by molar-refractivity contribution is 6.05. The fraction of sp³-hybridized carbons (Fsp3) is 0.600. The van der Waals surface area contributed by atoms with Crippen molar-refractivity contribution in [3.05, 3.63) is 29.4 Å². The minimum Gasteiger partial charge on any atom is -0.622 e. The maximum Gasteiger partial charge on any atom is 0.294 e. The molecule has 1 aliphatic carbocycles. The number of nitrogens with zero attached hydrogens (tertiary/aromatic N) is 3. The number of hydrogen-bond donors (Lipinski definition) is 2. The van der Waals surface area contributed by atoms with Crippen molar-refractivity contribution in [3.8, 4) is 0 Å². The summed E-state index contributed by atoms with van der Waals surface area (Å²) in [6.07, 6.45) is 4.91. The summed E-state index contributed by atoms with van der Waals surface area (Å²) in [5.41, 5.74) is -1.68. The van der Waals surface area contributed by atoms with Gasteiger partial charge in [0.2, 0.25) is 0 Å². The van der Waals surface area contributed by atoms with Crippen molar-refractivity contribution in [1.82, 2.24) is 5.06 Å². The molecule has 0 unspecified atom stereocenters. The molecule has 0 aromatic carbocycles. The third-order valence-corrected chi connectivity index (χ3v) is 4.77. The van der Waals surface area contributed by atoms with Crippen molar-refractivity contribution >= 4 is 11.4 Å². The van der Waals surface area contributed by atoms with Crippen LogP contribution in [0.2, 0.25) is 0 Å². The molecule has 2 aliphatic rings. The molecule has 7 heteroatoms. The molecule has 0 radical (unpaired) electrons. The van der Waals surface area contributed by atoms with Crippen LogP contribution in [0.3, 0.4) is 0 Å². The second kappa shape index (κ2) is 5.10. The molecule has 0 amide bonds. The molecule has 1 aromatic heterocycles. The maximum atomic E-state index is 13.2. The standard InChI is InChI=1S/C15H21N3O4/c1-14(2)13(11-7-6-10-22-11)17(20)15(18(14)21)9-5-3-4-8-12(15)16-19/h6-7,10,19,21H,3-5,8-9H2,1-2H3/b16-12-/t15-/m0/s1. The van der Waals surface area contributed by atoms with E-state index in [0.29, 0.717) is 30.0 Å². The van der Waals surface area contributed by atoms with Crippen LogP contribution >= 0.6 is 0 Å². The summed E-state index contributed by atoms with van der Waals surface area (Å²) in [4.78, 5) is 0. The molecule has 1 spiro atoms. The van der Waals surface area contributed by atoms with E-state index in [-0.39, 0.29) is 0 Å². The summed E-state index contributed by atoms with van der Waals surface area (Å²) >= 11 is 0. The van der Waals surface area contributed by atoms with Crippen LogP contribution in [0.1, 0.15) is 51.7 Å². The Morgan fingerprint density at radius 2 is 2.14 bits per heavy atom. The minimum absolute atomic E-state index is 0.303. The van der Waals surface area contributed by atoms with Gasteiger partial charge in [-0.15, -0.1) is 5.06 Å². The Hall–Kier alpha value is -1.86. The largest absolute Gasteiger partial charge is 0.622 e. The molecule has 1 aromatic rings. The first-order valence-corrected chi connectivity index (χ1v) is 7.55. The van der Waals surface area contributed by atoms with Crippen molar-refractivity contribution in [2.24, 2.45) is 5.16 Å². The van der Waals surface area contributed by atoms with Crippen LogP contribution in [0.25, 0.3) is 0 Å². The molecule has 120 valence electrons. The Labute approximate surface area is 128 Å². The Balaban J connectivity index is 2.23. The lowest BCUT2D eigenvalue weighted by Crippen LogP contribution is -2.59. The van der Waals surface area contributed by atoms with E-state index in [1.165, 1.54) is 6.26 Å². The van der Waals surface area contributed by atoms with Crippen LogP contribution in [-0.4, -0.2) is 42.8 Å². The minimum atomic E-state index is -1.36. The zero-order valence-corrected chi connectivity index (χ0v) is 12.8. The molecule has 0 saturated heterocycles. The van der Waals surface area contributed by atoms with Crippen molar-refractivity contribution in [2.45, 2.75) is 57.2 Å². The van der Waals surface area contributed by atoms with Crippen molar-refractivity contribution < 1.29 is 19.6 Å². The number of hydrogen-bond acceptors (Lipinski definition) is 6. The van der Waals surface area contributed by atoms with Crippen LogP contribution in [0, 0.1) is 5.21 Å². The average Bonchev–Trinajstić information content (AvgIpc) is 2.96. The first-order valence-electron chi connectivity index (χ1n) is 7.55. The molecule has 3 rings (SSSR count). The van der Waals surface area contributed by atoms with E-state index in [4.69, 9.17) is 4.42 Å². The summed E-state index contributed by atoms with van der Waals surface area (Å²) in [7, 11) is 0. The fourth-order valence-electron chi connectivity index (χ4n) is 3.66. The summed E-state index contributed by atoms with van der Waals surface area (Å²) < 4.78 is 6.16. The molecular weight excluding hydrogens is 286 g/mol. The average molecular weight is 307 g/mol. The topological polar surface area (TPSA) is 95.3 Å². The van der Waals surface area contributed by atoms with Gasteiger partial charge in [0.25, 0.3) is 11.4 Å². The van der Waals surface area contributed by atoms with Gasteiger partial charge in [-0.2, -0.15) is 4.74 Å². The van der Waals surface area contributed by atoms with E-state index in [1.54, 1.807) is 26.0 Å². The highest BCUT2D eigenvalue weighted by Crippen LogP contribution is 2.41. The Morgan fingerprint density at radius 3 is 2.77 bits per heavy atom. The highest BCUT2D eigenvalue weighted by Gasteiger charge is 2.65. The van der Waals surface area contributed by atoms with Crippen LogP contribution in [-0.2, 0) is 0 Å². The van der Waals surface area contributed by atoms with Gasteiger partial charge in [-0.25, -0.2) is 0 Å². The Bertz CT molecular complexity index is 621. The number of rotatable bonds is 1. The maximum absolute atomic E-state index is 13.2. The summed E-state index contributed by atoms with van der Waals surface area (Å²) in [6.45, 7) is 3.51. The quantitative estimate of drug-likeness (QED) is 0.360. The van der Waals surface area contributed by atoms with Gasteiger partial charge in [-0.05, 0) is 45.2 Å². The fourth-order valence-corrected chi connectivity index (χ4v) is 3.66. The third-order valence-electron chi connectivity index (χ3n) is 4.77. The monoisotopic (exact) mass is 307 g/mol. The molecular formula is C15H21N3O4. The van der Waals surface area contributed by atoms with Gasteiger partial charge in [0, 0.05) is 6.42 Å². The zero-order valence-electron chi connectivity index (χ0n) is 12.8. The second-order valence-electron chi connectivity index (χ2n) is 6.42. The first-order chi connectivity index (χ1) is 10.5. The predicted octanol–water partition coefficient (Wildman–Crippen LogP) is 2.55. The highest BCUT2D eigenvalue weighted by atomic mass is 16.6. The van der Waals surface area contributed by atoms with E-state index >= 15 is 0 Å². The van der Waals surface area contributed by atoms with Gasteiger partial charge < -0.3 is 20.0 Å². The van der Waals surface area contributed by atoms with Crippen LogP contribution in [0.4, 0.5) is 0 Å². The Morgan fingerprint density at radius 1 is 1.36 bits per heavy atom. The van der Waals surface area contributed by atoms with E-state index in [9.17, 15) is 15.6 Å². The van der Waals surface area contributed by atoms with Crippen LogP contribution < -0.4 is 0 Å². The molecule has 1 saturated carbocycles. The molecule has 1 aliphatic heterocycles. The van der Waals surface area contributed by atoms with Gasteiger partial charge in [-0.3, -0.25) is 0 Å². The number of furan rings is 1. The lowest BCUT2D eigenvalue weighted by molar-refractivity contribution is -0.567.